The topological polar surface area (TPSA) is 175 Å². The van der Waals surface area contributed by atoms with E-state index in [4.69, 9.17) is 4.74 Å². The summed E-state index contributed by atoms with van der Waals surface area (Å²) in [6, 6.07) is 19.2. The van der Waals surface area contributed by atoms with E-state index in [1.165, 1.54) is 48.4 Å². The lowest BCUT2D eigenvalue weighted by atomic mass is 9.59. The minimum Gasteiger partial charge on any atom is -0.455 e. The highest BCUT2D eigenvalue weighted by molar-refractivity contribution is 7.90. The Kier molecular flexibility index (Phi) is 11.4. The zero-order chi connectivity index (χ0) is 43.2. The SMILES string of the molecule is CC(C)c1ccccc1C1CCCN1C1CC2(CCN(c3cc(Oc4cnc5[nH]ccc5c4)c(C(=O)NS(=O)(=O)c4ccc(NC[C@H]5CCNC5)c([N+](=O)[O-])c4)cc3F)CC2)C1. The highest BCUT2D eigenvalue weighted by atomic mass is 32.2. The number of aromatic nitrogens is 2. The van der Waals surface area contributed by atoms with Crippen molar-refractivity contribution < 1.29 is 27.3 Å². The molecule has 2 atom stereocenters. The van der Waals surface area contributed by atoms with E-state index < -0.39 is 37.3 Å². The Labute approximate surface area is 360 Å². The number of hydrogen-bond donors (Lipinski definition) is 4. The van der Waals surface area contributed by atoms with Crippen LogP contribution in [0.4, 0.5) is 21.5 Å². The summed E-state index contributed by atoms with van der Waals surface area (Å²) in [5, 5.41) is 19.1. The number of sulfonamides is 1. The number of nitrogens with one attached hydrogen (secondary N) is 4. The molecule has 1 amide bonds. The van der Waals surface area contributed by atoms with Crippen LogP contribution < -0.4 is 25.0 Å². The number of nitro groups is 1. The van der Waals surface area contributed by atoms with Gasteiger partial charge in [0.2, 0.25) is 0 Å². The zero-order valence-corrected chi connectivity index (χ0v) is 35.8. The van der Waals surface area contributed by atoms with Crippen LogP contribution in [-0.2, 0) is 10.0 Å². The number of pyridine rings is 1. The number of rotatable bonds is 13. The van der Waals surface area contributed by atoms with Crippen molar-refractivity contribution in [3.05, 3.63) is 112 Å². The zero-order valence-electron chi connectivity index (χ0n) is 35.0. The lowest BCUT2D eigenvalue weighted by Crippen LogP contribution is -2.55. The van der Waals surface area contributed by atoms with Crippen LogP contribution in [0.2, 0.25) is 0 Å². The number of likely N-dealkylation sites (tertiary alicyclic amines) is 1. The molecule has 1 aliphatic carbocycles. The van der Waals surface area contributed by atoms with Crippen LogP contribution in [0.25, 0.3) is 11.0 Å². The predicted octanol–water partition coefficient (Wildman–Crippen LogP) is 8.25. The number of hydrogen-bond acceptors (Lipinski definition) is 11. The molecule has 3 saturated heterocycles. The number of aromatic amines is 1. The molecule has 4 fully saturated rings. The number of piperidine rings is 1. The Morgan fingerprint density at radius 1 is 1.06 bits per heavy atom. The Hall–Kier alpha value is -5.58. The molecule has 3 aliphatic heterocycles. The average molecular weight is 865 g/mol. The Balaban J connectivity index is 0.925. The first kappa shape index (κ1) is 41.8. The summed E-state index contributed by atoms with van der Waals surface area (Å²) in [5.41, 5.74) is 3.29. The molecule has 2 aromatic heterocycles. The number of amides is 1. The van der Waals surface area contributed by atoms with Crippen molar-refractivity contribution in [2.45, 2.75) is 81.7 Å². The number of ether oxygens (including phenoxy) is 1. The summed E-state index contributed by atoms with van der Waals surface area (Å²) in [6.07, 6.45) is 10.5. The molecule has 0 bridgehead atoms. The van der Waals surface area contributed by atoms with Gasteiger partial charge in [0.05, 0.1) is 27.3 Å². The molecule has 16 heteroatoms. The normalized spacial score (nSPS) is 20.5. The van der Waals surface area contributed by atoms with E-state index in [1.807, 2.05) is 9.62 Å². The minimum absolute atomic E-state index is 0.0662. The van der Waals surface area contributed by atoms with E-state index in [-0.39, 0.29) is 39.8 Å². The molecule has 0 radical (unpaired) electrons. The highest BCUT2D eigenvalue weighted by Crippen LogP contribution is 2.54. The summed E-state index contributed by atoms with van der Waals surface area (Å²) in [4.78, 5) is 36.9. The molecule has 4 aliphatic rings. The van der Waals surface area contributed by atoms with Crippen LogP contribution in [0, 0.1) is 27.3 Å². The minimum atomic E-state index is -4.66. The van der Waals surface area contributed by atoms with E-state index in [2.05, 4.69) is 63.6 Å². The van der Waals surface area contributed by atoms with Crippen LogP contribution in [0.5, 0.6) is 11.5 Å². The number of anilines is 2. The molecule has 62 heavy (non-hydrogen) atoms. The van der Waals surface area contributed by atoms with Gasteiger partial charge in [0.25, 0.3) is 21.6 Å². The molecule has 326 valence electrons. The molecule has 1 saturated carbocycles. The summed E-state index contributed by atoms with van der Waals surface area (Å²) >= 11 is 0. The van der Waals surface area contributed by atoms with E-state index in [0.717, 1.165) is 69.3 Å². The number of carbonyl (C=O) groups excluding carboxylic acids is 1. The van der Waals surface area contributed by atoms with Crippen molar-refractivity contribution in [2.24, 2.45) is 11.3 Å². The van der Waals surface area contributed by atoms with Crippen LogP contribution in [0.15, 0.2) is 84.0 Å². The maximum atomic E-state index is 16.3. The van der Waals surface area contributed by atoms with Gasteiger partial charge in [0, 0.05) is 55.4 Å². The van der Waals surface area contributed by atoms with Gasteiger partial charge >= 0.3 is 0 Å². The van der Waals surface area contributed by atoms with Crippen molar-refractivity contribution in [3.8, 4) is 11.5 Å². The molecule has 14 nitrogen and oxygen atoms in total. The average Bonchev–Trinajstić information content (AvgIpc) is 4.05. The number of benzene rings is 3. The van der Waals surface area contributed by atoms with Crippen LogP contribution >= 0.6 is 0 Å². The second-order valence-corrected chi connectivity index (χ2v) is 19.5. The molecular formula is C46H53FN8O6S. The Morgan fingerprint density at radius 2 is 1.87 bits per heavy atom. The van der Waals surface area contributed by atoms with Gasteiger partial charge in [-0.05, 0) is 123 Å². The van der Waals surface area contributed by atoms with E-state index in [0.29, 0.717) is 43.3 Å². The number of nitrogens with zero attached hydrogens (tertiary/aromatic N) is 4. The van der Waals surface area contributed by atoms with Gasteiger partial charge in [-0.3, -0.25) is 19.8 Å². The summed E-state index contributed by atoms with van der Waals surface area (Å²) in [6.45, 7) is 8.96. The molecule has 1 spiro atoms. The van der Waals surface area contributed by atoms with Gasteiger partial charge in [-0.1, -0.05) is 38.1 Å². The Morgan fingerprint density at radius 3 is 2.63 bits per heavy atom. The van der Waals surface area contributed by atoms with Crippen molar-refractivity contribution in [1.29, 1.82) is 0 Å². The first-order valence-electron chi connectivity index (χ1n) is 21.7. The molecule has 4 N–H and O–H groups in total. The third-order valence-electron chi connectivity index (χ3n) is 13.6. The van der Waals surface area contributed by atoms with Gasteiger partial charge in [-0.2, -0.15) is 0 Å². The first-order valence-corrected chi connectivity index (χ1v) is 23.2. The van der Waals surface area contributed by atoms with E-state index >= 15 is 4.39 Å². The maximum absolute atomic E-state index is 16.3. The number of nitro benzene ring substituents is 1. The molecule has 3 aromatic carbocycles. The molecule has 9 rings (SSSR count). The fourth-order valence-electron chi connectivity index (χ4n) is 10.2. The van der Waals surface area contributed by atoms with Crippen molar-refractivity contribution in [1.82, 2.24) is 24.9 Å². The summed E-state index contributed by atoms with van der Waals surface area (Å²) < 4.78 is 51.8. The lowest BCUT2D eigenvalue weighted by Gasteiger charge is -2.56. The van der Waals surface area contributed by atoms with Crippen LogP contribution in [0.3, 0.4) is 0 Å². The highest BCUT2D eigenvalue weighted by Gasteiger charge is 2.50. The molecular weight excluding hydrogens is 812 g/mol. The number of H-pyrrole nitrogens is 1. The van der Waals surface area contributed by atoms with E-state index in [1.54, 1.807) is 18.3 Å². The monoisotopic (exact) mass is 864 g/mol. The number of fused-ring (bicyclic) bond motifs is 1. The van der Waals surface area contributed by atoms with Crippen molar-refractivity contribution >= 4 is 44.0 Å². The van der Waals surface area contributed by atoms with Crippen LogP contribution in [-0.4, -0.2) is 79.4 Å². The molecule has 5 heterocycles. The van der Waals surface area contributed by atoms with Gasteiger partial charge in [-0.15, -0.1) is 0 Å². The van der Waals surface area contributed by atoms with Crippen molar-refractivity contribution in [2.75, 3.05) is 49.5 Å². The summed E-state index contributed by atoms with van der Waals surface area (Å²) in [5.74, 6) is -0.927. The largest absolute Gasteiger partial charge is 0.455 e. The van der Waals surface area contributed by atoms with Gasteiger partial charge in [0.15, 0.2) is 0 Å². The van der Waals surface area contributed by atoms with Crippen molar-refractivity contribution in [3.63, 3.8) is 0 Å². The second kappa shape index (κ2) is 16.9. The van der Waals surface area contributed by atoms with E-state index in [9.17, 15) is 23.3 Å². The second-order valence-electron chi connectivity index (χ2n) is 17.8. The number of halogens is 1. The first-order chi connectivity index (χ1) is 29.9. The lowest BCUT2D eigenvalue weighted by molar-refractivity contribution is -0.384. The smallest absolute Gasteiger partial charge is 0.293 e. The summed E-state index contributed by atoms with van der Waals surface area (Å²) in [7, 11) is -4.66. The fraction of sp³-hybridized carbons (Fsp3) is 0.435. The number of carbonyl (C=O) groups is 1. The third kappa shape index (κ3) is 8.34. The predicted molar refractivity (Wildman–Crippen MR) is 236 cm³/mol. The maximum Gasteiger partial charge on any atom is 0.293 e. The standard InChI is InChI=1S/C46H53FN8O6S/c1-29(2)35-6-3-4-7-36(35)40-8-5-17-54(40)32-24-46(25-32)13-18-53(19-14-46)41-23-43(61-33-20-31-12-16-49-44(31)51-28-33)37(22-38(41)47)45(56)52-62(59,60)34-9-10-39(42(21-34)55(57)58)50-27-30-11-15-48-26-30/h3-4,6-7,9-10,12,16,20-23,28-30,32,40,48,50H,5,8,11,13-15,17-19,24-27H2,1-2H3,(H,49,51)(H,52,56)/t30-,40?/m0/s1. The van der Waals surface area contributed by atoms with Crippen LogP contribution in [0.1, 0.15) is 92.2 Å². The fourth-order valence-corrected chi connectivity index (χ4v) is 11.2. The molecule has 1 unspecified atom stereocenters. The third-order valence-corrected chi connectivity index (χ3v) is 14.9. The Bertz CT molecular complexity index is 2600. The van der Waals surface area contributed by atoms with Gasteiger partial charge in [-0.25, -0.2) is 22.5 Å². The van der Waals surface area contributed by atoms with Gasteiger partial charge < -0.3 is 25.3 Å². The van der Waals surface area contributed by atoms with Gasteiger partial charge in [0.1, 0.15) is 28.7 Å². The molecule has 5 aromatic rings. The quantitative estimate of drug-likeness (QED) is 0.0663.